The van der Waals surface area contributed by atoms with E-state index in [0.717, 1.165) is 17.7 Å². The maximum atomic E-state index is 6.42. The molecule has 0 aromatic heterocycles. The van der Waals surface area contributed by atoms with Crippen molar-refractivity contribution in [1.82, 2.24) is 0 Å². The fraction of sp³-hybridized carbons (Fsp3) is 0.684. The van der Waals surface area contributed by atoms with Crippen molar-refractivity contribution < 1.29 is 9.05 Å². The van der Waals surface area contributed by atoms with Crippen molar-refractivity contribution in [2.45, 2.75) is 65.7 Å². The van der Waals surface area contributed by atoms with Gasteiger partial charge >= 0.3 is 6.92 Å². The topological polar surface area (TPSA) is 18.5 Å². The maximum Gasteiger partial charge on any atom is 0.390 e. The van der Waals surface area contributed by atoms with Crippen LogP contribution in [0.15, 0.2) is 30.3 Å². The molecule has 24 heavy (non-hydrogen) atoms. The molecule has 5 heteroatoms. The lowest BCUT2D eigenvalue weighted by molar-refractivity contribution is 0.327. The molecule has 0 bridgehead atoms. The zero-order valence-corrected chi connectivity index (χ0v) is 18.1. The molecule has 0 heterocycles. The van der Waals surface area contributed by atoms with Crippen LogP contribution in [-0.4, -0.2) is 18.5 Å². The molecule has 1 aromatic rings. The summed E-state index contributed by atoms with van der Waals surface area (Å²) in [5.41, 5.74) is 0. The largest absolute Gasteiger partial charge is 0.390 e. The second kappa shape index (κ2) is 14.3. The van der Waals surface area contributed by atoms with Crippen molar-refractivity contribution in [2.75, 3.05) is 18.5 Å². The molecular formula is C19H34O2PS2+. The van der Waals surface area contributed by atoms with Crippen molar-refractivity contribution in [1.29, 1.82) is 0 Å². The average molecular weight is 390 g/mol. The molecule has 0 aliphatic heterocycles. The third kappa shape index (κ3) is 9.56. The number of rotatable bonds is 15. The van der Waals surface area contributed by atoms with Gasteiger partial charge in [0.05, 0.1) is 6.61 Å². The van der Waals surface area contributed by atoms with E-state index in [4.69, 9.17) is 9.05 Å². The minimum absolute atomic E-state index is 0.717. The number of unbranched alkanes of at least 4 members (excludes halogenated alkanes) is 6. The monoisotopic (exact) mass is 389 g/mol. The van der Waals surface area contributed by atoms with Gasteiger partial charge in [-0.1, -0.05) is 64.2 Å². The Balaban J connectivity index is 2.55. The summed E-state index contributed by atoms with van der Waals surface area (Å²) in [4.78, 5) is 0. The van der Waals surface area contributed by atoms with Crippen LogP contribution in [-0.2, 0) is 4.52 Å². The van der Waals surface area contributed by atoms with Gasteiger partial charge in [-0.05, 0) is 42.7 Å². The van der Waals surface area contributed by atoms with Gasteiger partial charge in [-0.3, -0.25) is 0 Å². The summed E-state index contributed by atoms with van der Waals surface area (Å²) in [5.74, 6) is 2.01. The molecule has 1 rings (SSSR count). The Bertz CT molecular complexity index is 406. The Hall–Kier alpha value is 0.110. The highest BCUT2D eigenvalue weighted by molar-refractivity contribution is 9.00. The first-order chi connectivity index (χ1) is 11.8. The fourth-order valence-corrected chi connectivity index (χ4v) is 10.5. The van der Waals surface area contributed by atoms with E-state index in [-0.39, 0.29) is 0 Å². The van der Waals surface area contributed by atoms with E-state index in [2.05, 4.69) is 20.8 Å². The molecule has 0 amide bonds. The van der Waals surface area contributed by atoms with Crippen LogP contribution in [0.4, 0.5) is 0 Å². The summed E-state index contributed by atoms with van der Waals surface area (Å²) in [6.07, 6.45) is 10.3. The second-order valence-corrected chi connectivity index (χ2v) is 13.0. The smallest absolute Gasteiger partial charge is 0.306 e. The number of hydrogen-bond donors (Lipinski definition) is 0. The van der Waals surface area contributed by atoms with E-state index >= 15 is 0 Å². The van der Waals surface area contributed by atoms with E-state index < -0.39 is 6.92 Å². The Morgan fingerprint density at radius 1 is 0.875 bits per heavy atom. The van der Waals surface area contributed by atoms with Crippen molar-refractivity contribution in [3.63, 3.8) is 0 Å². The van der Waals surface area contributed by atoms with Crippen molar-refractivity contribution in [3.05, 3.63) is 30.3 Å². The quantitative estimate of drug-likeness (QED) is 0.172. The predicted octanol–water partition coefficient (Wildman–Crippen LogP) is 8.02. The molecule has 0 saturated heterocycles. The van der Waals surface area contributed by atoms with Crippen molar-refractivity contribution >= 4 is 28.1 Å². The van der Waals surface area contributed by atoms with Gasteiger partial charge in [0.1, 0.15) is 6.16 Å². The van der Waals surface area contributed by atoms with Crippen LogP contribution in [0, 0.1) is 0 Å². The molecule has 1 atom stereocenters. The van der Waals surface area contributed by atoms with Gasteiger partial charge in [-0.2, -0.15) is 4.52 Å². The fourth-order valence-electron chi connectivity index (χ4n) is 2.44. The normalized spacial score (nSPS) is 13.6. The molecule has 1 aromatic carbocycles. The summed E-state index contributed by atoms with van der Waals surface area (Å²) in [6.45, 7) is 5.33. The summed E-state index contributed by atoms with van der Waals surface area (Å²) in [5, 5.41) is 0. The minimum Gasteiger partial charge on any atom is -0.306 e. The molecule has 0 radical (unpaired) electrons. The van der Waals surface area contributed by atoms with E-state index in [0.29, 0.717) is 6.61 Å². The number of benzene rings is 1. The molecule has 0 saturated carbocycles. The highest BCUT2D eigenvalue weighted by Gasteiger charge is 2.45. The van der Waals surface area contributed by atoms with Gasteiger partial charge in [0.15, 0.2) is 16.2 Å². The third-order valence-electron chi connectivity index (χ3n) is 3.63. The predicted molar refractivity (Wildman–Crippen MR) is 114 cm³/mol. The SMILES string of the molecule is CCCCCCCCC[P+](OCC)(Oc1ccccc1)SSCC. The zero-order valence-electron chi connectivity index (χ0n) is 15.5. The molecule has 0 N–H and O–H groups in total. The summed E-state index contributed by atoms with van der Waals surface area (Å²) in [7, 11) is 3.71. The summed E-state index contributed by atoms with van der Waals surface area (Å²) < 4.78 is 12.6. The zero-order chi connectivity index (χ0) is 17.5. The van der Waals surface area contributed by atoms with Crippen molar-refractivity contribution in [2.24, 2.45) is 0 Å². The second-order valence-electron chi connectivity index (χ2n) is 5.76. The van der Waals surface area contributed by atoms with Gasteiger partial charge in [0.2, 0.25) is 0 Å². The Morgan fingerprint density at radius 2 is 1.54 bits per heavy atom. The van der Waals surface area contributed by atoms with Gasteiger partial charge < -0.3 is 4.52 Å². The molecular weight excluding hydrogens is 355 g/mol. The molecule has 0 spiro atoms. The molecule has 1 unspecified atom stereocenters. The van der Waals surface area contributed by atoms with Gasteiger partial charge in [-0.25, -0.2) is 0 Å². The highest BCUT2D eigenvalue weighted by atomic mass is 33.3. The Morgan fingerprint density at radius 3 is 2.17 bits per heavy atom. The number of hydrogen-bond acceptors (Lipinski definition) is 4. The number of para-hydroxylation sites is 1. The van der Waals surface area contributed by atoms with Crippen LogP contribution in [0.25, 0.3) is 0 Å². The van der Waals surface area contributed by atoms with Crippen LogP contribution in [0.2, 0.25) is 0 Å². The minimum atomic E-state index is -1.92. The average Bonchev–Trinajstić information content (AvgIpc) is 2.60. The molecule has 2 nitrogen and oxygen atoms in total. The summed E-state index contributed by atoms with van der Waals surface area (Å²) in [6, 6.07) is 10.2. The summed E-state index contributed by atoms with van der Waals surface area (Å²) >= 11 is 0. The lowest BCUT2D eigenvalue weighted by Crippen LogP contribution is -2.07. The first-order valence-electron chi connectivity index (χ1n) is 9.34. The van der Waals surface area contributed by atoms with E-state index in [1.165, 1.54) is 44.9 Å². The first kappa shape index (κ1) is 22.2. The van der Waals surface area contributed by atoms with Gasteiger partial charge in [0, 0.05) is 5.75 Å². The van der Waals surface area contributed by atoms with Crippen LogP contribution in [0.1, 0.15) is 65.7 Å². The standard InChI is InChI=1S/C19H34O2PS2/c1-4-7-8-9-10-11-15-18-22(20-5-2,24-23-6-3)21-19-16-13-12-14-17-19/h12-14,16-17H,4-11,15,18H2,1-3H3/q+1. The van der Waals surface area contributed by atoms with E-state index in [1.807, 2.05) is 51.5 Å². The lowest BCUT2D eigenvalue weighted by atomic mass is 10.1. The van der Waals surface area contributed by atoms with Crippen LogP contribution in [0.5, 0.6) is 5.75 Å². The molecule has 138 valence electrons. The highest BCUT2D eigenvalue weighted by Crippen LogP contribution is 2.75. The lowest BCUT2D eigenvalue weighted by Gasteiger charge is -2.21. The van der Waals surface area contributed by atoms with Crippen LogP contribution in [0.3, 0.4) is 0 Å². The van der Waals surface area contributed by atoms with E-state index in [9.17, 15) is 0 Å². The van der Waals surface area contributed by atoms with Crippen LogP contribution >= 0.6 is 28.1 Å². The van der Waals surface area contributed by atoms with Gasteiger partial charge in [0.25, 0.3) is 0 Å². The molecule has 0 fully saturated rings. The molecule has 0 aliphatic rings. The molecule has 0 aliphatic carbocycles. The van der Waals surface area contributed by atoms with Crippen molar-refractivity contribution in [3.8, 4) is 5.75 Å². The maximum absolute atomic E-state index is 6.42. The third-order valence-corrected chi connectivity index (χ3v) is 12.0. The van der Waals surface area contributed by atoms with E-state index in [1.54, 1.807) is 0 Å². The Labute approximate surface area is 157 Å². The Kier molecular flexibility index (Phi) is 13.2. The van der Waals surface area contributed by atoms with Gasteiger partial charge in [-0.15, -0.1) is 0 Å². The first-order valence-corrected chi connectivity index (χ1v) is 14.1. The van der Waals surface area contributed by atoms with Crippen LogP contribution < -0.4 is 4.52 Å².